The number of aliphatic hydroxyl groups is 1. The van der Waals surface area contributed by atoms with Crippen LogP contribution in [0, 0.1) is 0 Å². The van der Waals surface area contributed by atoms with Crippen LogP contribution >= 0.6 is 11.8 Å². The van der Waals surface area contributed by atoms with Crippen molar-refractivity contribution in [1.82, 2.24) is 0 Å². The van der Waals surface area contributed by atoms with E-state index in [1.54, 1.807) is 23.9 Å². The Hall–Kier alpha value is -1.75. The highest BCUT2D eigenvalue weighted by Gasteiger charge is 2.06. The number of aliphatic hydroxyl groups excluding tert-OH is 1. The molecule has 0 bridgehead atoms. The predicted octanol–water partition coefficient (Wildman–Crippen LogP) is 3.22. The summed E-state index contributed by atoms with van der Waals surface area (Å²) in [5, 5.41) is 9.85. The van der Waals surface area contributed by atoms with E-state index in [1.807, 2.05) is 18.4 Å². The first kappa shape index (κ1) is 16.3. The van der Waals surface area contributed by atoms with Gasteiger partial charge in [0.05, 0.1) is 7.11 Å². The molecule has 0 heterocycles. The summed E-state index contributed by atoms with van der Waals surface area (Å²) in [6.07, 6.45) is 4.00. The summed E-state index contributed by atoms with van der Waals surface area (Å²) in [5.74, 6) is -0.597. The lowest BCUT2D eigenvalue weighted by Gasteiger charge is -2.02. The molecule has 0 aliphatic heterocycles. The number of esters is 1. The quantitative estimate of drug-likeness (QED) is 0.362. The highest BCUT2D eigenvalue weighted by atomic mass is 32.2. The SMILES string of the molecule is COC(=O)CCCC(=O)/C=C(\O)c1ccc(SC)cc1. The fourth-order valence-corrected chi connectivity index (χ4v) is 1.99. The number of allylic oxidation sites excluding steroid dienone is 1. The van der Waals surface area contributed by atoms with Crippen LogP contribution in [0.4, 0.5) is 0 Å². The van der Waals surface area contributed by atoms with Gasteiger partial charge in [-0.2, -0.15) is 0 Å². The molecular weight excluding hydrogens is 276 g/mol. The molecule has 0 aliphatic carbocycles. The summed E-state index contributed by atoms with van der Waals surface area (Å²) in [7, 11) is 1.31. The highest BCUT2D eigenvalue weighted by Crippen LogP contribution is 2.18. The maximum Gasteiger partial charge on any atom is 0.305 e. The topological polar surface area (TPSA) is 63.6 Å². The standard InChI is InChI=1S/C15H18O4S/c1-19-15(18)5-3-4-12(16)10-14(17)11-6-8-13(20-2)9-7-11/h6-10,17H,3-5H2,1-2H3/b14-10-. The number of ether oxygens (including phenoxy) is 1. The minimum Gasteiger partial charge on any atom is -0.507 e. The first-order valence-electron chi connectivity index (χ1n) is 6.21. The van der Waals surface area contributed by atoms with Crippen LogP contribution in [0.15, 0.2) is 35.2 Å². The number of rotatable bonds is 7. The van der Waals surface area contributed by atoms with Crippen LogP contribution in [0.5, 0.6) is 0 Å². The summed E-state index contributed by atoms with van der Waals surface area (Å²) in [6, 6.07) is 7.29. The molecule has 0 fully saturated rings. The molecule has 1 aromatic rings. The summed E-state index contributed by atoms with van der Waals surface area (Å²) < 4.78 is 4.49. The second-order valence-corrected chi connectivity index (χ2v) is 5.03. The van der Waals surface area contributed by atoms with Gasteiger partial charge in [0, 0.05) is 29.4 Å². The molecule has 0 aromatic heterocycles. The lowest BCUT2D eigenvalue weighted by molar-refractivity contribution is -0.140. The number of thioether (sulfide) groups is 1. The first-order chi connectivity index (χ1) is 9.56. The fraction of sp³-hybridized carbons (Fsp3) is 0.333. The summed E-state index contributed by atoms with van der Waals surface area (Å²) >= 11 is 1.61. The van der Waals surface area contributed by atoms with Gasteiger partial charge in [-0.1, -0.05) is 12.1 Å². The molecular formula is C15H18O4S. The smallest absolute Gasteiger partial charge is 0.305 e. The number of carbonyl (C=O) groups excluding carboxylic acids is 2. The maximum absolute atomic E-state index is 11.6. The molecule has 0 amide bonds. The van der Waals surface area contributed by atoms with E-state index in [9.17, 15) is 14.7 Å². The van der Waals surface area contributed by atoms with Crippen molar-refractivity contribution in [1.29, 1.82) is 0 Å². The first-order valence-corrected chi connectivity index (χ1v) is 7.44. The van der Waals surface area contributed by atoms with Crippen LogP contribution in [0.2, 0.25) is 0 Å². The van der Waals surface area contributed by atoms with Crippen LogP contribution in [-0.2, 0) is 14.3 Å². The Kier molecular flexibility index (Phi) is 6.87. The van der Waals surface area contributed by atoms with Gasteiger partial charge in [-0.15, -0.1) is 11.8 Å². The van der Waals surface area contributed by atoms with Crippen molar-refractivity contribution in [2.45, 2.75) is 24.2 Å². The van der Waals surface area contributed by atoms with E-state index < -0.39 is 0 Å². The number of benzene rings is 1. The van der Waals surface area contributed by atoms with Crippen LogP contribution < -0.4 is 0 Å². The van der Waals surface area contributed by atoms with Gasteiger partial charge in [0.1, 0.15) is 5.76 Å². The molecule has 0 saturated carbocycles. The predicted molar refractivity (Wildman–Crippen MR) is 79.7 cm³/mol. The summed E-state index contributed by atoms with van der Waals surface area (Å²) in [6.45, 7) is 0. The number of methoxy groups -OCH3 is 1. The van der Waals surface area contributed by atoms with Gasteiger partial charge in [-0.05, 0) is 24.8 Å². The van der Waals surface area contributed by atoms with Crippen molar-refractivity contribution in [2.24, 2.45) is 0 Å². The van der Waals surface area contributed by atoms with Gasteiger partial charge in [-0.25, -0.2) is 0 Å². The Morgan fingerprint density at radius 2 is 1.90 bits per heavy atom. The molecule has 5 heteroatoms. The van der Waals surface area contributed by atoms with Crippen molar-refractivity contribution in [2.75, 3.05) is 13.4 Å². The number of hydrogen-bond donors (Lipinski definition) is 1. The summed E-state index contributed by atoms with van der Waals surface area (Å²) in [5.41, 5.74) is 0.601. The molecule has 0 radical (unpaired) electrons. The summed E-state index contributed by atoms with van der Waals surface area (Å²) in [4.78, 5) is 23.6. The molecule has 0 aliphatic rings. The molecule has 108 valence electrons. The zero-order chi connectivity index (χ0) is 15.0. The van der Waals surface area contributed by atoms with Gasteiger partial charge < -0.3 is 9.84 Å². The largest absolute Gasteiger partial charge is 0.507 e. The zero-order valence-electron chi connectivity index (χ0n) is 11.6. The van der Waals surface area contributed by atoms with E-state index in [2.05, 4.69) is 4.74 Å². The molecule has 1 N–H and O–H groups in total. The average molecular weight is 294 g/mol. The Bertz CT molecular complexity index is 491. The normalized spacial score (nSPS) is 11.2. The van der Waals surface area contributed by atoms with Crippen molar-refractivity contribution in [3.05, 3.63) is 35.9 Å². The van der Waals surface area contributed by atoms with E-state index in [0.29, 0.717) is 12.0 Å². The molecule has 0 unspecified atom stereocenters. The van der Waals surface area contributed by atoms with E-state index in [-0.39, 0.29) is 30.4 Å². The minimum atomic E-state index is -0.335. The van der Waals surface area contributed by atoms with E-state index in [4.69, 9.17) is 0 Å². The second kappa shape index (κ2) is 8.43. The fourth-order valence-electron chi connectivity index (χ4n) is 1.58. The number of ketones is 1. The third kappa shape index (κ3) is 5.48. The maximum atomic E-state index is 11.6. The molecule has 1 rings (SSSR count). The van der Waals surface area contributed by atoms with Gasteiger partial charge >= 0.3 is 5.97 Å². The Labute approximate surface area is 122 Å². The van der Waals surface area contributed by atoms with Crippen molar-refractivity contribution in [3.63, 3.8) is 0 Å². The van der Waals surface area contributed by atoms with Crippen LogP contribution in [0.25, 0.3) is 5.76 Å². The monoisotopic (exact) mass is 294 g/mol. The van der Waals surface area contributed by atoms with Gasteiger partial charge in [0.2, 0.25) is 0 Å². The van der Waals surface area contributed by atoms with Crippen LogP contribution in [-0.4, -0.2) is 30.2 Å². The van der Waals surface area contributed by atoms with Crippen molar-refractivity contribution < 1.29 is 19.4 Å². The molecule has 0 saturated heterocycles. The number of carbonyl (C=O) groups is 2. The van der Waals surface area contributed by atoms with Crippen molar-refractivity contribution in [3.8, 4) is 0 Å². The Morgan fingerprint density at radius 1 is 1.25 bits per heavy atom. The second-order valence-electron chi connectivity index (χ2n) is 4.15. The van der Waals surface area contributed by atoms with Gasteiger partial charge in [0.15, 0.2) is 5.78 Å². The molecule has 20 heavy (non-hydrogen) atoms. The van der Waals surface area contributed by atoms with Crippen molar-refractivity contribution >= 4 is 29.3 Å². The zero-order valence-corrected chi connectivity index (χ0v) is 12.4. The number of hydrogen-bond acceptors (Lipinski definition) is 5. The van der Waals surface area contributed by atoms with E-state index in [0.717, 1.165) is 4.90 Å². The lowest BCUT2D eigenvalue weighted by Crippen LogP contribution is -2.02. The lowest BCUT2D eigenvalue weighted by atomic mass is 10.1. The van der Waals surface area contributed by atoms with E-state index >= 15 is 0 Å². The Morgan fingerprint density at radius 3 is 2.45 bits per heavy atom. The average Bonchev–Trinajstić information content (AvgIpc) is 2.47. The van der Waals surface area contributed by atoms with Crippen LogP contribution in [0.1, 0.15) is 24.8 Å². The molecule has 0 spiro atoms. The van der Waals surface area contributed by atoms with Crippen LogP contribution in [0.3, 0.4) is 0 Å². The highest BCUT2D eigenvalue weighted by molar-refractivity contribution is 7.98. The third-order valence-corrected chi connectivity index (χ3v) is 3.46. The minimum absolute atomic E-state index is 0.0549. The molecule has 4 nitrogen and oxygen atoms in total. The molecule has 1 aromatic carbocycles. The third-order valence-electron chi connectivity index (χ3n) is 2.72. The van der Waals surface area contributed by atoms with Gasteiger partial charge in [-0.3, -0.25) is 9.59 Å². The molecule has 0 atom stereocenters. The Balaban J connectivity index is 2.54. The van der Waals surface area contributed by atoms with Gasteiger partial charge in [0.25, 0.3) is 0 Å². The van der Waals surface area contributed by atoms with E-state index in [1.165, 1.54) is 13.2 Å².